The Labute approximate surface area is 512 Å². The van der Waals surface area contributed by atoms with Gasteiger partial charge >= 0.3 is 17.9 Å². The SMILES string of the molecule is CC/C=C\C/C=C\C/C=C\C/C=C\C/C=C\C/C=C\C/C=C\C/C=C\C/C=C\C/C=C\CCCCC(=O)OCC(COC(=O)CCCCCCC/C=C\CCCC)OC(=O)CCCCCCCCCCC/C=C\CCCCCCCCCC. The molecule has 470 valence electrons. The minimum atomic E-state index is -0.806. The average molecular weight is 1150 g/mol. The first kappa shape index (κ1) is 78.3. The second-order valence-electron chi connectivity index (χ2n) is 22.3. The van der Waals surface area contributed by atoms with E-state index in [0.29, 0.717) is 25.7 Å². The van der Waals surface area contributed by atoms with Crippen molar-refractivity contribution in [2.75, 3.05) is 13.2 Å². The Morgan fingerprint density at radius 1 is 0.253 bits per heavy atom. The Kier molecular flexibility index (Phi) is 65.8. The van der Waals surface area contributed by atoms with Crippen LogP contribution in [-0.4, -0.2) is 37.2 Å². The van der Waals surface area contributed by atoms with Gasteiger partial charge in [0, 0.05) is 19.3 Å². The van der Waals surface area contributed by atoms with Crippen LogP contribution in [0.1, 0.15) is 303 Å². The Bertz CT molecular complexity index is 1800. The molecule has 0 aromatic rings. The molecule has 0 aromatic carbocycles. The molecule has 0 bridgehead atoms. The fourth-order valence-corrected chi connectivity index (χ4v) is 9.15. The minimum Gasteiger partial charge on any atom is -0.462 e. The van der Waals surface area contributed by atoms with Gasteiger partial charge in [0.25, 0.3) is 0 Å². The first-order valence-electron chi connectivity index (χ1n) is 34.3. The van der Waals surface area contributed by atoms with Crippen LogP contribution >= 0.6 is 0 Å². The van der Waals surface area contributed by atoms with Gasteiger partial charge in [0.05, 0.1) is 0 Å². The number of carbonyl (C=O) groups excluding carboxylic acids is 3. The highest BCUT2D eigenvalue weighted by atomic mass is 16.6. The van der Waals surface area contributed by atoms with E-state index < -0.39 is 6.10 Å². The van der Waals surface area contributed by atoms with Crippen molar-refractivity contribution in [1.29, 1.82) is 0 Å². The number of allylic oxidation sites excluding steroid dienone is 24. The third-order valence-corrected chi connectivity index (χ3v) is 14.3. The predicted octanol–water partition coefficient (Wildman–Crippen LogP) is 23.9. The van der Waals surface area contributed by atoms with E-state index in [4.69, 9.17) is 14.2 Å². The molecule has 0 amide bonds. The van der Waals surface area contributed by atoms with Crippen LogP contribution in [0.4, 0.5) is 0 Å². The number of unbranched alkanes of at least 4 members (excludes halogenated alkanes) is 26. The minimum absolute atomic E-state index is 0.100. The van der Waals surface area contributed by atoms with Crippen molar-refractivity contribution in [2.45, 2.75) is 309 Å². The molecule has 0 fully saturated rings. The van der Waals surface area contributed by atoms with Crippen molar-refractivity contribution >= 4 is 17.9 Å². The third kappa shape index (κ3) is 68.0. The summed E-state index contributed by atoms with van der Waals surface area (Å²) in [4.78, 5) is 38.3. The number of hydrogen-bond acceptors (Lipinski definition) is 6. The van der Waals surface area contributed by atoms with E-state index in [0.717, 1.165) is 128 Å². The molecule has 1 atom stereocenters. The lowest BCUT2D eigenvalue weighted by Gasteiger charge is -2.18. The number of rotatable bonds is 61. The topological polar surface area (TPSA) is 78.9 Å². The van der Waals surface area contributed by atoms with Gasteiger partial charge in [0.1, 0.15) is 13.2 Å². The molecule has 6 heteroatoms. The maximum Gasteiger partial charge on any atom is 0.306 e. The van der Waals surface area contributed by atoms with Crippen molar-refractivity contribution in [3.8, 4) is 0 Å². The molecule has 0 radical (unpaired) electrons. The van der Waals surface area contributed by atoms with Gasteiger partial charge in [0.15, 0.2) is 6.10 Å². The summed E-state index contributed by atoms with van der Waals surface area (Å²) in [6.45, 7) is 6.45. The molecular weight excluding hydrogens is 1020 g/mol. The van der Waals surface area contributed by atoms with E-state index >= 15 is 0 Å². The quantitative estimate of drug-likeness (QED) is 0.0261. The Morgan fingerprint density at radius 3 is 0.807 bits per heavy atom. The number of hydrogen-bond donors (Lipinski definition) is 0. The highest BCUT2D eigenvalue weighted by molar-refractivity contribution is 5.71. The molecule has 0 N–H and O–H groups in total. The molecule has 0 aliphatic carbocycles. The van der Waals surface area contributed by atoms with Crippen LogP contribution in [0.3, 0.4) is 0 Å². The summed E-state index contributed by atoms with van der Waals surface area (Å²) in [5.74, 6) is -0.954. The second kappa shape index (κ2) is 69.8. The average Bonchev–Trinajstić information content (AvgIpc) is 3.48. The zero-order valence-corrected chi connectivity index (χ0v) is 53.9. The van der Waals surface area contributed by atoms with Crippen molar-refractivity contribution in [2.24, 2.45) is 0 Å². The fourth-order valence-electron chi connectivity index (χ4n) is 9.15. The van der Waals surface area contributed by atoms with Gasteiger partial charge in [-0.15, -0.1) is 0 Å². The molecule has 6 nitrogen and oxygen atoms in total. The van der Waals surface area contributed by atoms with Crippen LogP contribution < -0.4 is 0 Å². The zero-order chi connectivity index (χ0) is 59.9. The lowest BCUT2D eigenvalue weighted by Crippen LogP contribution is -2.30. The highest BCUT2D eigenvalue weighted by Gasteiger charge is 2.19. The smallest absolute Gasteiger partial charge is 0.306 e. The molecule has 0 aromatic heterocycles. The Hall–Kier alpha value is -4.71. The van der Waals surface area contributed by atoms with Gasteiger partial charge < -0.3 is 14.2 Å². The Balaban J connectivity index is 4.36. The first-order chi connectivity index (χ1) is 41.0. The van der Waals surface area contributed by atoms with E-state index in [2.05, 4.69) is 167 Å². The van der Waals surface area contributed by atoms with E-state index in [-0.39, 0.29) is 31.1 Å². The fraction of sp³-hybridized carbons (Fsp3) is 0.649. The molecule has 0 saturated carbocycles. The third-order valence-electron chi connectivity index (χ3n) is 14.3. The molecule has 0 saturated heterocycles. The van der Waals surface area contributed by atoms with E-state index in [9.17, 15) is 14.4 Å². The molecule has 0 aliphatic rings. The van der Waals surface area contributed by atoms with Gasteiger partial charge in [-0.2, -0.15) is 0 Å². The summed E-state index contributed by atoms with van der Waals surface area (Å²) < 4.78 is 16.9. The van der Waals surface area contributed by atoms with Crippen LogP contribution in [0.25, 0.3) is 0 Å². The summed E-state index contributed by atoms with van der Waals surface area (Å²) in [6.07, 6.45) is 100. The summed E-state index contributed by atoms with van der Waals surface area (Å²) in [6, 6.07) is 0. The highest BCUT2D eigenvalue weighted by Crippen LogP contribution is 2.15. The molecule has 0 rings (SSSR count). The first-order valence-corrected chi connectivity index (χ1v) is 34.3. The molecule has 1 unspecified atom stereocenters. The molecule has 0 aliphatic heterocycles. The molecule has 0 spiro atoms. The normalized spacial score (nSPS) is 13.0. The van der Waals surface area contributed by atoms with E-state index in [1.54, 1.807) is 0 Å². The number of esters is 3. The predicted molar refractivity (Wildman–Crippen MR) is 362 cm³/mol. The van der Waals surface area contributed by atoms with Crippen LogP contribution in [0.5, 0.6) is 0 Å². The van der Waals surface area contributed by atoms with Crippen molar-refractivity contribution in [1.82, 2.24) is 0 Å². The molecule has 83 heavy (non-hydrogen) atoms. The van der Waals surface area contributed by atoms with Crippen LogP contribution in [0.2, 0.25) is 0 Å². The summed E-state index contributed by atoms with van der Waals surface area (Å²) in [7, 11) is 0. The van der Waals surface area contributed by atoms with Gasteiger partial charge in [-0.25, -0.2) is 0 Å². The number of carbonyl (C=O) groups is 3. The number of ether oxygens (including phenoxy) is 3. The van der Waals surface area contributed by atoms with E-state index in [1.807, 2.05) is 0 Å². The maximum absolute atomic E-state index is 12.9. The zero-order valence-electron chi connectivity index (χ0n) is 53.9. The Morgan fingerprint density at radius 2 is 0.482 bits per heavy atom. The second-order valence-corrected chi connectivity index (χ2v) is 22.3. The van der Waals surface area contributed by atoms with Gasteiger partial charge in [-0.05, 0) is 141 Å². The molecule has 0 heterocycles. The standard InChI is InChI=1S/C77H126O6/c1-4-7-10-13-16-19-22-24-26-28-30-32-33-34-35-36-37-38-39-40-41-42-43-45-46-48-50-52-55-58-61-64-67-70-76(79)82-73-74(72-81-75(78)69-66-63-60-57-54-21-18-15-12-9-6-3)83-77(80)71-68-65-62-59-56-53-51-49-47-44-31-29-27-25-23-20-17-14-11-8-5-2/h7,10,15-16,18-19,24,26,29-32,34-35,37-38,40-41,43,45,48,50,55,58,74H,4-6,8-9,11-14,17,20-23,25,27-28,33,36,39,42,44,46-47,49,51-54,56-57,59-73H2,1-3H3/b10-7-,18-15-,19-16-,26-24-,31-29-,32-30-,35-34-,38-37-,41-40-,45-43-,50-48-,58-55-. The maximum atomic E-state index is 12.9. The summed E-state index contributed by atoms with van der Waals surface area (Å²) >= 11 is 0. The lowest BCUT2D eigenvalue weighted by molar-refractivity contribution is -0.167. The lowest BCUT2D eigenvalue weighted by atomic mass is 10.1. The monoisotopic (exact) mass is 1150 g/mol. The van der Waals surface area contributed by atoms with E-state index in [1.165, 1.54) is 128 Å². The van der Waals surface area contributed by atoms with Crippen LogP contribution in [0, 0.1) is 0 Å². The van der Waals surface area contributed by atoms with Crippen molar-refractivity contribution in [3.05, 3.63) is 146 Å². The summed E-state index contributed by atoms with van der Waals surface area (Å²) in [5.41, 5.74) is 0. The van der Waals surface area contributed by atoms with Gasteiger partial charge in [0.2, 0.25) is 0 Å². The van der Waals surface area contributed by atoms with Crippen LogP contribution in [-0.2, 0) is 28.6 Å². The molecular formula is C77H126O6. The largest absolute Gasteiger partial charge is 0.462 e. The van der Waals surface area contributed by atoms with Crippen LogP contribution in [0.15, 0.2) is 146 Å². The van der Waals surface area contributed by atoms with Crippen molar-refractivity contribution < 1.29 is 28.6 Å². The van der Waals surface area contributed by atoms with Gasteiger partial charge in [-0.1, -0.05) is 289 Å². The summed E-state index contributed by atoms with van der Waals surface area (Å²) in [5, 5.41) is 0. The van der Waals surface area contributed by atoms with Crippen molar-refractivity contribution in [3.63, 3.8) is 0 Å². The van der Waals surface area contributed by atoms with Gasteiger partial charge in [-0.3, -0.25) is 14.4 Å².